The molecule has 0 saturated heterocycles. The largest absolute Gasteiger partial charge is 0.493 e. The minimum atomic E-state index is -0.515. The summed E-state index contributed by atoms with van der Waals surface area (Å²) in [4.78, 5) is 12.3. The number of methoxy groups -OCH3 is 2. The standard InChI is InChI=1S/C19H17ClN2O3/c1-12-7-17(24-2)18(25-3)9-13(12)8-14(11-21)19(23)22-16-6-4-5-15(20)10-16/h4-10H,1-3H3,(H,22,23)/b14-8-. The van der Waals surface area contributed by atoms with Crippen LogP contribution in [0.2, 0.25) is 5.02 Å². The van der Waals surface area contributed by atoms with Crippen LogP contribution in [-0.4, -0.2) is 20.1 Å². The van der Waals surface area contributed by atoms with Crippen LogP contribution < -0.4 is 14.8 Å². The molecular formula is C19H17ClN2O3. The van der Waals surface area contributed by atoms with Gasteiger partial charge in [0.15, 0.2) is 11.5 Å². The van der Waals surface area contributed by atoms with E-state index in [1.165, 1.54) is 13.2 Å². The van der Waals surface area contributed by atoms with Crippen LogP contribution in [0.15, 0.2) is 42.0 Å². The van der Waals surface area contributed by atoms with Gasteiger partial charge in [-0.15, -0.1) is 0 Å². The molecule has 0 aliphatic rings. The van der Waals surface area contributed by atoms with Crippen molar-refractivity contribution in [3.8, 4) is 17.6 Å². The Bertz CT molecular complexity index is 869. The topological polar surface area (TPSA) is 71.3 Å². The zero-order chi connectivity index (χ0) is 18.4. The Morgan fingerprint density at radius 2 is 1.88 bits per heavy atom. The van der Waals surface area contributed by atoms with Crippen molar-refractivity contribution in [2.45, 2.75) is 6.92 Å². The molecule has 0 unspecified atom stereocenters. The maximum atomic E-state index is 12.3. The van der Waals surface area contributed by atoms with Crippen molar-refractivity contribution < 1.29 is 14.3 Å². The summed E-state index contributed by atoms with van der Waals surface area (Å²) in [5.74, 6) is 0.588. The molecule has 0 radical (unpaired) electrons. The molecule has 0 aliphatic carbocycles. The normalized spacial score (nSPS) is 10.8. The minimum Gasteiger partial charge on any atom is -0.493 e. The zero-order valence-corrected chi connectivity index (χ0v) is 14.8. The van der Waals surface area contributed by atoms with Gasteiger partial charge in [0.2, 0.25) is 0 Å². The molecule has 6 heteroatoms. The van der Waals surface area contributed by atoms with Crippen LogP contribution in [0.4, 0.5) is 5.69 Å². The lowest BCUT2D eigenvalue weighted by atomic mass is 10.0. The summed E-state index contributed by atoms with van der Waals surface area (Å²) >= 11 is 5.90. The summed E-state index contributed by atoms with van der Waals surface area (Å²) in [6, 6.07) is 12.1. The molecule has 128 valence electrons. The molecule has 2 aromatic carbocycles. The van der Waals surface area contributed by atoms with E-state index in [0.29, 0.717) is 27.8 Å². The van der Waals surface area contributed by atoms with E-state index < -0.39 is 5.91 Å². The van der Waals surface area contributed by atoms with Gasteiger partial charge in [-0.3, -0.25) is 4.79 Å². The fraction of sp³-hybridized carbons (Fsp3) is 0.158. The van der Waals surface area contributed by atoms with E-state index in [9.17, 15) is 10.1 Å². The van der Waals surface area contributed by atoms with Gasteiger partial charge in [-0.2, -0.15) is 5.26 Å². The summed E-state index contributed by atoms with van der Waals surface area (Å²) in [5, 5.41) is 12.5. The number of rotatable bonds is 5. The summed E-state index contributed by atoms with van der Waals surface area (Å²) in [6.07, 6.45) is 1.51. The van der Waals surface area contributed by atoms with Crippen LogP contribution in [0.1, 0.15) is 11.1 Å². The van der Waals surface area contributed by atoms with Gasteiger partial charge < -0.3 is 14.8 Å². The molecule has 0 spiro atoms. The predicted octanol–water partition coefficient (Wildman–Crippen LogP) is 4.21. The fourth-order valence-corrected chi connectivity index (χ4v) is 2.41. The number of anilines is 1. The Labute approximate surface area is 151 Å². The maximum Gasteiger partial charge on any atom is 0.266 e. The van der Waals surface area contributed by atoms with Gasteiger partial charge >= 0.3 is 0 Å². The smallest absolute Gasteiger partial charge is 0.266 e. The highest BCUT2D eigenvalue weighted by atomic mass is 35.5. The molecule has 1 N–H and O–H groups in total. The number of nitrogens with zero attached hydrogens (tertiary/aromatic N) is 1. The molecule has 0 atom stereocenters. The summed E-state index contributed by atoms with van der Waals surface area (Å²) < 4.78 is 10.5. The summed E-state index contributed by atoms with van der Waals surface area (Å²) in [6.45, 7) is 1.86. The Hall–Kier alpha value is -2.97. The van der Waals surface area contributed by atoms with Gasteiger partial charge in [0, 0.05) is 10.7 Å². The predicted molar refractivity (Wildman–Crippen MR) is 98.0 cm³/mol. The first kappa shape index (κ1) is 18.4. The lowest BCUT2D eigenvalue weighted by Crippen LogP contribution is -2.13. The highest BCUT2D eigenvalue weighted by Crippen LogP contribution is 2.31. The van der Waals surface area contributed by atoms with Crippen molar-refractivity contribution in [1.82, 2.24) is 0 Å². The lowest BCUT2D eigenvalue weighted by Gasteiger charge is -2.11. The number of nitriles is 1. The summed E-state index contributed by atoms with van der Waals surface area (Å²) in [7, 11) is 3.07. The molecule has 1 amide bonds. The number of carbonyl (C=O) groups excluding carboxylic acids is 1. The van der Waals surface area contributed by atoms with Crippen molar-refractivity contribution in [3.63, 3.8) is 0 Å². The van der Waals surface area contributed by atoms with E-state index in [4.69, 9.17) is 21.1 Å². The van der Waals surface area contributed by atoms with Crippen LogP contribution in [0.3, 0.4) is 0 Å². The third-order valence-corrected chi connectivity index (χ3v) is 3.75. The van der Waals surface area contributed by atoms with E-state index in [0.717, 1.165) is 5.56 Å². The molecular weight excluding hydrogens is 340 g/mol. The van der Waals surface area contributed by atoms with Crippen molar-refractivity contribution in [2.75, 3.05) is 19.5 Å². The molecule has 0 fully saturated rings. The van der Waals surface area contributed by atoms with Gasteiger partial charge in [0.05, 0.1) is 14.2 Å². The highest BCUT2D eigenvalue weighted by molar-refractivity contribution is 6.31. The molecule has 5 nitrogen and oxygen atoms in total. The second kappa shape index (κ2) is 8.22. The van der Waals surface area contributed by atoms with E-state index in [1.807, 2.05) is 13.0 Å². The van der Waals surface area contributed by atoms with E-state index in [1.54, 1.807) is 43.5 Å². The SMILES string of the molecule is COc1cc(C)c(/C=C(/C#N)C(=O)Nc2cccc(Cl)c2)cc1OC. The molecule has 0 aromatic heterocycles. The first-order chi connectivity index (χ1) is 12.0. The average Bonchev–Trinajstić information content (AvgIpc) is 2.60. The summed E-state index contributed by atoms with van der Waals surface area (Å²) in [5.41, 5.74) is 2.02. The Morgan fingerprint density at radius 3 is 2.48 bits per heavy atom. The molecule has 2 rings (SSSR count). The van der Waals surface area contributed by atoms with Gasteiger partial charge in [-0.05, 0) is 54.5 Å². The molecule has 0 saturated carbocycles. The monoisotopic (exact) mass is 356 g/mol. The van der Waals surface area contributed by atoms with Crippen LogP contribution in [0.25, 0.3) is 6.08 Å². The average molecular weight is 357 g/mol. The van der Waals surface area contributed by atoms with Crippen LogP contribution in [0, 0.1) is 18.3 Å². The first-order valence-corrected chi connectivity index (χ1v) is 7.77. The van der Waals surface area contributed by atoms with Gasteiger partial charge in [-0.25, -0.2) is 0 Å². The van der Waals surface area contributed by atoms with Crippen molar-refractivity contribution in [1.29, 1.82) is 5.26 Å². The van der Waals surface area contributed by atoms with Gasteiger partial charge in [-0.1, -0.05) is 17.7 Å². The number of carbonyl (C=O) groups is 1. The Morgan fingerprint density at radius 1 is 1.20 bits per heavy atom. The zero-order valence-electron chi connectivity index (χ0n) is 14.1. The van der Waals surface area contributed by atoms with Crippen LogP contribution in [-0.2, 0) is 4.79 Å². The number of nitrogens with one attached hydrogen (secondary N) is 1. The Kier molecular flexibility index (Phi) is 6.04. The van der Waals surface area contributed by atoms with E-state index in [2.05, 4.69) is 5.32 Å². The second-order valence-electron chi connectivity index (χ2n) is 5.20. The molecule has 0 heterocycles. The maximum absolute atomic E-state index is 12.3. The van der Waals surface area contributed by atoms with Crippen molar-refractivity contribution in [2.24, 2.45) is 0 Å². The lowest BCUT2D eigenvalue weighted by molar-refractivity contribution is -0.112. The van der Waals surface area contributed by atoms with Crippen molar-refractivity contribution >= 4 is 29.3 Å². The van der Waals surface area contributed by atoms with Crippen molar-refractivity contribution in [3.05, 3.63) is 58.1 Å². The molecule has 0 aliphatic heterocycles. The quantitative estimate of drug-likeness (QED) is 0.643. The number of halogens is 1. The second-order valence-corrected chi connectivity index (χ2v) is 5.63. The minimum absolute atomic E-state index is 0.0321. The molecule has 25 heavy (non-hydrogen) atoms. The highest BCUT2D eigenvalue weighted by Gasteiger charge is 2.13. The van der Waals surface area contributed by atoms with Crippen LogP contribution >= 0.6 is 11.6 Å². The number of ether oxygens (including phenoxy) is 2. The third-order valence-electron chi connectivity index (χ3n) is 3.52. The van der Waals surface area contributed by atoms with Gasteiger partial charge in [0.1, 0.15) is 11.6 Å². The van der Waals surface area contributed by atoms with Gasteiger partial charge in [0.25, 0.3) is 5.91 Å². The number of amides is 1. The molecule has 0 bridgehead atoms. The molecule has 2 aromatic rings. The number of hydrogen-bond acceptors (Lipinski definition) is 4. The van der Waals surface area contributed by atoms with Crippen LogP contribution in [0.5, 0.6) is 11.5 Å². The first-order valence-electron chi connectivity index (χ1n) is 7.39. The van der Waals surface area contributed by atoms with E-state index in [-0.39, 0.29) is 5.57 Å². The number of hydrogen-bond donors (Lipinski definition) is 1. The number of benzene rings is 2. The fourth-order valence-electron chi connectivity index (χ4n) is 2.22. The van der Waals surface area contributed by atoms with E-state index >= 15 is 0 Å². The number of aryl methyl sites for hydroxylation is 1. The third kappa shape index (κ3) is 4.52. The Balaban J connectivity index is 2.34.